The van der Waals surface area contributed by atoms with Crippen LogP contribution in [-0.4, -0.2) is 42.4 Å². The Morgan fingerprint density at radius 2 is 2.16 bits per heavy atom. The van der Waals surface area contributed by atoms with E-state index in [9.17, 15) is 9.59 Å². The van der Waals surface area contributed by atoms with Crippen LogP contribution in [0.15, 0.2) is 0 Å². The molecule has 3 N–H and O–H groups in total. The summed E-state index contributed by atoms with van der Waals surface area (Å²) < 4.78 is 0. The van der Waals surface area contributed by atoms with Gasteiger partial charge in [0, 0.05) is 13.6 Å². The number of nitrogens with one attached hydrogen (secondary N) is 1. The number of hydrogen-bond acceptors (Lipinski definition) is 3. The van der Waals surface area contributed by atoms with Gasteiger partial charge in [-0.2, -0.15) is 0 Å². The topological polar surface area (TPSA) is 75.4 Å². The molecule has 0 radical (unpaired) electrons. The minimum Gasteiger partial charge on any atom is -0.358 e. The summed E-state index contributed by atoms with van der Waals surface area (Å²) in [4.78, 5) is 25.7. The van der Waals surface area contributed by atoms with Gasteiger partial charge in [-0.15, -0.1) is 0 Å². The summed E-state index contributed by atoms with van der Waals surface area (Å²) in [5.41, 5.74) is 5.54. The van der Waals surface area contributed by atoms with Crippen LogP contribution in [0.4, 0.5) is 0 Å². The van der Waals surface area contributed by atoms with E-state index in [0.717, 1.165) is 32.1 Å². The van der Waals surface area contributed by atoms with Crippen molar-refractivity contribution in [1.29, 1.82) is 0 Å². The van der Waals surface area contributed by atoms with E-state index < -0.39 is 5.54 Å². The van der Waals surface area contributed by atoms with E-state index in [4.69, 9.17) is 5.73 Å². The monoisotopic (exact) mass is 269 g/mol. The number of carbonyl (C=O) groups excluding carboxylic acids is 2. The van der Waals surface area contributed by atoms with Crippen molar-refractivity contribution in [3.63, 3.8) is 0 Å². The number of nitrogens with zero attached hydrogens (tertiary/aromatic N) is 1. The van der Waals surface area contributed by atoms with Crippen LogP contribution in [0.5, 0.6) is 0 Å². The van der Waals surface area contributed by atoms with E-state index in [1.165, 1.54) is 0 Å². The zero-order chi connectivity index (χ0) is 14.5. The molecule has 1 aliphatic rings. The van der Waals surface area contributed by atoms with Crippen molar-refractivity contribution in [2.45, 2.75) is 51.5 Å². The first-order chi connectivity index (χ1) is 8.92. The lowest BCUT2D eigenvalue weighted by atomic mass is 9.76. The van der Waals surface area contributed by atoms with Crippen molar-refractivity contribution in [2.75, 3.05) is 20.1 Å². The second-order valence-corrected chi connectivity index (χ2v) is 5.76. The van der Waals surface area contributed by atoms with Gasteiger partial charge in [0.2, 0.25) is 11.8 Å². The molecule has 1 aliphatic carbocycles. The maximum absolute atomic E-state index is 12.6. The third kappa shape index (κ3) is 4.20. The minimum atomic E-state index is -0.777. The molecule has 1 saturated carbocycles. The average Bonchev–Trinajstić information content (AvgIpc) is 2.36. The van der Waals surface area contributed by atoms with Gasteiger partial charge in [0.15, 0.2) is 0 Å². The van der Waals surface area contributed by atoms with Gasteiger partial charge in [-0.25, -0.2) is 0 Å². The highest BCUT2D eigenvalue weighted by atomic mass is 16.2. The lowest BCUT2D eigenvalue weighted by molar-refractivity contribution is -0.142. The SMILES string of the molecule is CCCN(CC(=O)NC)C(=O)C1(N)CCCC(C)C1. The molecule has 1 fully saturated rings. The summed E-state index contributed by atoms with van der Waals surface area (Å²) >= 11 is 0. The highest BCUT2D eigenvalue weighted by molar-refractivity contribution is 5.90. The Morgan fingerprint density at radius 3 is 2.68 bits per heavy atom. The third-order valence-electron chi connectivity index (χ3n) is 3.85. The maximum atomic E-state index is 12.6. The molecule has 0 aromatic rings. The number of hydrogen-bond donors (Lipinski definition) is 2. The quantitative estimate of drug-likeness (QED) is 0.778. The van der Waals surface area contributed by atoms with E-state index in [1.807, 2.05) is 6.92 Å². The van der Waals surface area contributed by atoms with Crippen molar-refractivity contribution in [3.05, 3.63) is 0 Å². The molecular weight excluding hydrogens is 242 g/mol. The van der Waals surface area contributed by atoms with E-state index in [1.54, 1.807) is 11.9 Å². The molecule has 2 atom stereocenters. The lowest BCUT2D eigenvalue weighted by Gasteiger charge is -2.39. The first-order valence-corrected chi connectivity index (χ1v) is 7.21. The third-order valence-corrected chi connectivity index (χ3v) is 3.85. The molecule has 0 heterocycles. The molecule has 110 valence electrons. The molecule has 0 spiro atoms. The normalized spacial score (nSPS) is 26.8. The number of nitrogens with two attached hydrogens (primary N) is 1. The van der Waals surface area contributed by atoms with Crippen LogP contribution in [0.2, 0.25) is 0 Å². The Morgan fingerprint density at radius 1 is 1.47 bits per heavy atom. The largest absolute Gasteiger partial charge is 0.358 e. The van der Waals surface area contributed by atoms with E-state index in [-0.39, 0.29) is 18.4 Å². The van der Waals surface area contributed by atoms with Crippen LogP contribution in [0, 0.1) is 5.92 Å². The Hall–Kier alpha value is -1.10. The molecule has 2 amide bonds. The van der Waals surface area contributed by atoms with Crippen LogP contribution in [0.3, 0.4) is 0 Å². The molecule has 2 unspecified atom stereocenters. The predicted octanol–water partition coefficient (Wildman–Crippen LogP) is 0.879. The van der Waals surface area contributed by atoms with Gasteiger partial charge in [-0.1, -0.05) is 26.7 Å². The fourth-order valence-corrected chi connectivity index (χ4v) is 2.88. The van der Waals surface area contributed by atoms with Crippen LogP contribution in [-0.2, 0) is 9.59 Å². The zero-order valence-corrected chi connectivity index (χ0v) is 12.4. The Labute approximate surface area is 115 Å². The van der Waals surface area contributed by atoms with Gasteiger partial charge in [-0.3, -0.25) is 9.59 Å². The summed E-state index contributed by atoms with van der Waals surface area (Å²) in [6, 6.07) is 0. The van der Waals surface area contributed by atoms with Gasteiger partial charge in [0.1, 0.15) is 0 Å². The second-order valence-electron chi connectivity index (χ2n) is 5.76. The molecule has 1 rings (SSSR count). The Kier molecular flexibility index (Phi) is 5.79. The highest BCUT2D eigenvalue weighted by Crippen LogP contribution is 2.31. The fourth-order valence-electron chi connectivity index (χ4n) is 2.88. The molecule has 0 aromatic heterocycles. The van der Waals surface area contributed by atoms with Gasteiger partial charge in [0.05, 0.1) is 12.1 Å². The molecule has 19 heavy (non-hydrogen) atoms. The highest BCUT2D eigenvalue weighted by Gasteiger charge is 2.40. The molecule has 5 nitrogen and oxygen atoms in total. The van der Waals surface area contributed by atoms with Gasteiger partial charge >= 0.3 is 0 Å². The summed E-state index contributed by atoms with van der Waals surface area (Å²) in [5.74, 6) is 0.268. The summed E-state index contributed by atoms with van der Waals surface area (Å²) in [6.45, 7) is 4.82. The standard InChI is InChI=1S/C14H27N3O2/c1-4-8-17(10-12(18)16-3)13(19)14(15)7-5-6-11(2)9-14/h11H,4-10,15H2,1-3H3,(H,16,18). The molecule has 0 aromatic carbocycles. The van der Waals surface area contributed by atoms with E-state index in [2.05, 4.69) is 12.2 Å². The van der Waals surface area contributed by atoms with Crippen molar-refractivity contribution in [3.8, 4) is 0 Å². The summed E-state index contributed by atoms with van der Waals surface area (Å²) in [6.07, 6.45) is 4.40. The van der Waals surface area contributed by atoms with Crippen molar-refractivity contribution < 1.29 is 9.59 Å². The molecule has 0 saturated heterocycles. The predicted molar refractivity (Wildman–Crippen MR) is 75.5 cm³/mol. The number of rotatable bonds is 5. The zero-order valence-electron chi connectivity index (χ0n) is 12.4. The van der Waals surface area contributed by atoms with Gasteiger partial charge in [-0.05, 0) is 25.2 Å². The number of amides is 2. The summed E-state index contributed by atoms with van der Waals surface area (Å²) in [5, 5.41) is 2.56. The van der Waals surface area contributed by atoms with Crippen LogP contribution >= 0.6 is 0 Å². The van der Waals surface area contributed by atoms with Crippen molar-refractivity contribution in [2.24, 2.45) is 11.7 Å². The molecule has 0 aliphatic heterocycles. The first kappa shape index (κ1) is 16.0. The summed E-state index contributed by atoms with van der Waals surface area (Å²) in [7, 11) is 1.58. The Balaban J connectivity index is 2.76. The average molecular weight is 269 g/mol. The smallest absolute Gasteiger partial charge is 0.243 e. The van der Waals surface area contributed by atoms with Crippen LogP contribution < -0.4 is 11.1 Å². The van der Waals surface area contributed by atoms with Gasteiger partial charge < -0.3 is 16.0 Å². The van der Waals surface area contributed by atoms with Crippen LogP contribution in [0.1, 0.15) is 46.0 Å². The van der Waals surface area contributed by atoms with E-state index >= 15 is 0 Å². The number of likely N-dealkylation sites (N-methyl/N-ethyl adjacent to an activating group) is 1. The Bertz CT molecular complexity index is 333. The fraction of sp³-hybridized carbons (Fsp3) is 0.857. The maximum Gasteiger partial charge on any atom is 0.243 e. The number of carbonyl (C=O) groups is 2. The van der Waals surface area contributed by atoms with Crippen molar-refractivity contribution in [1.82, 2.24) is 10.2 Å². The first-order valence-electron chi connectivity index (χ1n) is 7.21. The second kappa shape index (κ2) is 6.89. The molecular formula is C14H27N3O2. The minimum absolute atomic E-state index is 0.0653. The van der Waals surface area contributed by atoms with Crippen LogP contribution in [0.25, 0.3) is 0 Å². The van der Waals surface area contributed by atoms with Crippen molar-refractivity contribution >= 4 is 11.8 Å². The molecule has 5 heteroatoms. The lowest BCUT2D eigenvalue weighted by Crippen LogP contribution is -2.58. The molecule has 0 bridgehead atoms. The van der Waals surface area contributed by atoms with E-state index in [0.29, 0.717) is 12.5 Å². The van der Waals surface area contributed by atoms with Gasteiger partial charge in [0.25, 0.3) is 0 Å².